The molecule has 1 aliphatic rings. The van der Waals surface area contributed by atoms with E-state index in [2.05, 4.69) is 48.6 Å². The lowest BCUT2D eigenvalue weighted by Crippen LogP contribution is -2.40. The average Bonchev–Trinajstić information content (AvgIpc) is 2.95. The van der Waals surface area contributed by atoms with Gasteiger partial charge in [0.2, 0.25) is 5.91 Å². The summed E-state index contributed by atoms with van der Waals surface area (Å²) in [5.41, 5.74) is 0. The molecule has 5 heteroatoms. The third kappa shape index (κ3) is 5.34. The molecule has 1 aromatic heterocycles. The molecule has 1 atom stereocenters. The number of rotatable bonds is 7. The third-order valence-electron chi connectivity index (χ3n) is 4.47. The number of amides is 1. The molecule has 23 heavy (non-hydrogen) atoms. The van der Waals surface area contributed by atoms with Crippen LogP contribution < -0.4 is 0 Å². The van der Waals surface area contributed by atoms with Crippen LogP contribution in [0.2, 0.25) is 0 Å². The largest absolute Gasteiger partial charge is 0.342 e. The monoisotopic (exact) mass is 320 g/mol. The summed E-state index contributed by atoms with van der Waals surface area (Å²) >= 11 is 0. The molecule has 0 unspecified atom stereocenters. The van der Waals surface area contributed by atoms with Crippen molar-refractivity contribution >= 4 is 5.91 Å². The van der Waals surface area contributed by atoms with Crippen molar-refractivity contribution in [2.24, 2.45) is 5.92 Å². The van der Waals surface area contributed by atoms with Crippen LogP contribution in [0.4, 0.5) is 0 Å². The van der Waals surface area contributed by atoms with Gasteiger partial charge in [0.1, 0.15) is 5.82 Å². The van der Waals surface area contributed by atoms with Crippen molar-refractivity contribution in [1.29, 1.82) is 0 Å². The molecule has 0 aliphatic carbocycles. The predicted molar refractivity (Wildman–Crippen MR) is 93.4 cm³/mol. The summed E-state index contributed by atoms with van der Waals surface area (Å²) in [7, 11) is 4.21. The zero-order chi connectivity index (χ0) is 16.8. The van der Waals surface area contributed by atoms with Gasteiger partial charge in [-0.15, -0.1) is 0 Å². The van der Waals surface area contributed by atoms with Gasteiger partial charge in [-0.05, 0) is 45.8 Å². The van der Waals surface area contributed by atoms with E-state index in [1.165, 1.54) is 0 Å². The minimum Gasteiger partial charge on any atom is -0.342 e. The molecule has 1 aromatic rings. The quantitative estimate of drug-likeness (QED) is 0.775. The highest BCUT2D eigenvalue weighted by Crippen LogP contribution is 2.26. The van der Waals surface area contributed by atoms with Crippen LogP contribution in [-0.2, 0) is 11.3 Å². The van der Waals surface area contributed by atoms with E-state index in [0.717, 1.165) is 51.3 Å². The van der Waals surface area contributed by atoms with E-state index in [-0.39, 0.29) is 0 Å². The molecule has 1 fully saturated rings. The molecule has 130 valence electrons. The van der Waals surface area contributed by atoms with Crippen LogP contribution in [0.1, 0.15) is 51.3 Å². The zero-order valence-corrected chi connectivity index (χ0v) is 15.2. The Balaban J connectivity index is 1.96. The Labute approximate surface area is 140 Å². The number of nitrogens with zero attached hydrogens (tertiary/aromatic N) is 4. The van der Waals surface area contributed by atoms with Gasteiger partial charge in [-0.1, -0.05) is 13.8 Å². The highest BCUT2D eigenvalue weighted by atomic mass is 16.2. The van der Waals surface area contributed by atoms with Gasteiger partial charge >= 0.3 is 0 Å². The Bertz CT molecular complexity index is 495. The van der Waals surface area contributed by atoms with Gasteiger partial charge in [0.05, 0.1) is 0 Å². The lowest BCUT2D eigenvalue weighted by atomic mass is 9.96. The fourth-order valence-electron chi connectivity index (χ4n) is 3.32. The minimum absolute atomic E-state index is 0.301. The molecule has 0 bridgehead atoms. The van der Waals surface area contributed by atoms with Gasteiger partial charge in [-0.25, -0.2) is 4.98 Å². The van der Waals surface area contributed by atoms with Gasteiger partial charge < -0.3 is 14.4 Å². The molecule has 1 amide bonds. The van der Waals surface area contributed by atoms with Gasteiger partial charge in [0, 0.05) is 44.4 Å². The molecule has 5 nitrogen and oxygen atoms in total. The molecule has 2 heterocycles. The number of imidazole rings is 1. The minimum atomic E-state index is 0.301. The Morgan fingerprint density at radius 2 is 2.22 bits per heavy atom. The molecule has 0 aromatic carbocycles. The number of piperidine rings is 1. The van der Waals surface area contributed by atoms with Gasteiger partial charge in [-0.3, -0.25) is 4.79 Å². The standard InChI is InChI=1S/C18H32N4O/c1-15(2)13-17(23)22-10-5-7-16(14-22)18-19-8-12-21(18)11-6-9-20(3)4/h8,12,15-16H,5-7,9-11,13-14H2,1-4H3/t16-/m1/s1. The van der Waals surface area contributed by atoms with Crippen LogP contribution in [0.25, 0.3) is 0 Å². The van der Waals surface area contributed by atoms with Gasteiger partial charge in [0.15, 0.2) is 0 Å². The van der Waals surface area contributed by atoms with Crippen molar-refractivity contribution in [3.63, 3.8) is 0 Å². The summed E-state index contributed by atoms with van der Waals surface area (Å²) in [5.74, 6) is 2.27. The maximum atomic E-state index is 12.3. The number of hydrogen-bond acceptors (Lipinski definition) is 3. The Morgan fingerprint density at radius 3 is 2.91 bits per heavy atom. The van der Waals surface area contributed by atoms with Gasteiger partial charge in [-0.2, -0.15) is 0 Å². The van der Waals surface area contributed by atoms with Crippen LogP contribution >= 0.6 is 0 Å². The van der Waals surface area contributed by atoms with Crippen LogP contribution in [0.5, 0.6) is 0 Å². The number of hydrogen-bond donors (Lipinski definition) is 0. The first kappa shape index (κ1) is 18.0. The first-order chi connectivity index (χ1) is 11.0. The molecular formula is C18H32N4O. The SMILES string of the molecule is CC(C)CC(=O)N1CCC[C@@H](c2nccn2CCCN(C)C)C1. The highest BCUT2D eigenvalue weighted by molar-refractivity contribution is 5.76. The Morgan fingerprint density at radius 1 is 1.43 bits per heavy atom. The van der Waals surface area contributed by atoms with E-state index in [9.17, 15) is 4.79 Å². The molecule has 0 saturated carbocycles. The Kier molecular flexibility index (Phi) is 6.63. The number of likely N-dealkylation sites (tertiary alicyclic amines) is 1. The van der Waals surface area contributed by atoms with Crippen molar-refractivity contribution in [2.75, 3.05) is 33.7 Å². The molecule has 1 aliphatic heterocycles. The first-order valence-corrected chi connectivity index (χ1v) is 8.91. The summed E-state index contributed by atoms with van der Waals surface area (Å²) in [6, 6.07) is 0. The van der Waals surface area contributed by atoms with Gasteiger partial charge in [0.25, 0.3) is 0 Å². The van der Waals surface area contributed by atoms with Crippen molar-refractivity contribution in [2.45, 2.75) is 52.0 Å². The highest BCUT2D eigenvalue weighted by Gasteiger charge is 2.27. The molecule has 1 saturated heterocycles. The van der Waals surface area contributed by atoms with Crippen molar-refractivity contribution in [3.05, 3.63) is 18.2 Å². The fraction of sp³-hybridized carbons (Fsp3) is 0.778. The summed E-state index contributed by atoms with van der Waals surface area (Å²) in [4.78, 5) is 21.2. The maximum Gasteiger partial charge on any atom is 0.222 e. The second kappa shape index (κ2) is 8.48. The molecule has 0 spiro atoms. The molecule has 2 rings (SSSR count). The summed E-state index contributed by atoms with van der Waals surface area (Å²) in [5, 5.41) is 0. The summed E-state index contributed by atoms with van der Waals surface area (Å²) in [6.07, 6.45) is 7.98. The van der Waals surface area contributed by atoms with E-state index in [1.807, 2.05) is 11.1 Å². The smallest absolute Gasteiger partial charge is 0.222 e. The Hall–Kier alpha value is -1.36. The van der Waals surface area contributed by atoms with Crippen molar-refractivity contribution in [3.8, 4) is 0 Å². The van der Waals surface area contributed by atoms with Crippen LogP contribution in [0.15, 0.2) is 12.4 Å². The van der Waals surface area contributed by atoms with Crippen LogP contribution in [-0.4, -0.2) is 59.0 Å². The molecule has 0 N–H and O–H groups in total. The maximum absolute atomic E-state index is 12.3. The van der Waals surface area contributed by atoms with E-state index in [4.69, 9.17) is 0 Å². The molecule has 0 radical (unpaired) electrons. The number of carbonyl (C=O) groups is 1. The lowest BCUT2D eigenvalue weighted by molar-refractivity contribution is -0.133. The van der Waals surface area contributed by atoms with Crippen molar-refractivity contribution in [1.82, 2.24) is 19.4 Å². The van der Waals surface area contributed by atoms with Crippen LogP contribution in [0.3, 0.4) is 0 Å². The topological polar surface area (TPSA) is 41.4 Å². The lowest BCUT2D eigenvalue weighted by Gasteiger charge is -2.33. The molecular weight excluding hydrogens is 288 g/mol. The summed E-state index contributed by atoms with van der Waals surface area (Å²) < 4.78 is 2.28. The second-order valence-corrected chi connectivity index (χ2v) is 7.41. The average molecular weight is 320 g/mol. The zero-order valence-electron chi connectivity index (χ0n) is 15.2. The van der Waals surface area contributed by atoms with Crippen LogP contribution in [0, 0.1) is 5.92 Å². The van der Waals surface area contributed by atoms with E-state index < -0.39 is 0 Å². The first-order valence-electron chi connectivity index (χ1n) is 8.91. The summed E-state index contributed by atoms with van der Waals surface area (Å²) in [6.45, 7) is 8.04. The number of carbonyl (C=O) groups excluding carboxylic acids is 1. The predicted octanol–water partition coefficient (Wildman–Crippen LogP) is 2.59. The second-order valence-electron chi connectivity index (χ2n) is 7.41. The number of aryl methyl sites for hydroxylation is 1. The normalized spacial score (nSPS) is 18.9. The van der Waals surface area contributed by atoms with E-state index in [0.29, 0.717) is 24.2 Å². The fourth-order valence-corrected chi connectivity index (χ4v) is 3.32. The number of aromatic nitrogens is 2. The third-order valence-corrected chi connectivity index (χ3v) is 4.47. The van der Waals surface area contributed by atoms with Crippen molar-refractivity contribution < 1.29 is 4.79 Å². The van der Waals surface area contributed by atoms with E-state index in [1.54, 1.807) is 0 Å². The van der Waals surface area contributed by atoms with E-state index >= 15 is 0 Å².